The number of aromatic nitrogens is 2. The molecule has 118 valence electrons. The van der Waals surface area contributed by atoms with Gasteiger partial charge in [-0.25, -0.2) is 4.79 Å². The third-order valence-corrected chi connectivity index (χ3v) is 3.98. The van der Waals surface area contributed by atoms with E-state index in [4.69, 9.17) is 0 Å². The van der Waals surface area contributed by atoms with Gasteiger partial charge in [0, 0.05) is 18.8 Å². The molecule has 6 heteroatoms. The van der Waals surface area contributed by atoms with Crippen LogP contribution in [0.25, 0.3) is 0 Å². The molecule has 1 heterocycles. The molecule has 1 saturated carbocycles. The molecule has 1 aromatic rings. The molecule has 0 radical (unpaired) electrons. The number of urea groups is 1. The minimum atomic E-state index is -0.404. The van der Waals surface area contributed by atoms with Crippen LogP contribution in [0.5, 0.6) is 0 Å². The zero-order valence-electron chi connectivity index (χ0n) is 12.9. The Labute approximate surface area is 125 Å². The second-order valence-electron chi connectivity index (χ2n) is 5.86. The summed E-state index contributed by atoms with van der Waals surface area (Å²) < 4.78 is 1.96. The van der Waals surface area contributed by atoms with E-state index in [9.17, 15) is 9.90 Å². The average Bonchev–Trinajstić information content (AvgIpc) is 2.76. The van der Waals surface area contributed by atoms with Gasteiger partial charge < -0.3 is 15.7 Å². The fraction of sp³-hybridized carbons (Fsp3) is 0.733. The number of carbonyl (C=O) groups is 1. The van der Waals surface area contributed by atoms with Crippen LogP contribution in [-0.2, 0) is 6.54 Å². The highest BCUT2D eigenvalue weighted by Gasteiger charge is 2.24. The molecule has 6 nitrogen and oxygen atoms in total. The second-order valence-corrected chi connectivity index (χ2v) is 5.86. The first-order chi connectivity index (χ1) is 10.1. The summed E-state index contributed by atoms with van der Waals surface area (Å²) in [5.74, 6) is 0. The number of carbonyl (C=O) groups excluding carboxylic acids is 1. The lowest BCUT2D eigenvalue weighted by Crippen LogP contribution is -2.49. The van der Waals surface area contributed by atoms with Crippen LogP contribution in [0.2, 0.25) is 0 Å². The highest BCUT2D eigenvalue weighted by atomic mass is 16.3. The lowest BCUT2D eigenvalue weighted by molar-refractivity contribution is 0.0943. The first kappa shape index (κ1) is 15.8. The Morgan fingerprint density at radius 1 is 1.43 bits per heavy atom. The van der Waals surface area contributed by atoms with Crippen molar-refractivity contribution in [2.45, 2.75) is 64.6 Å². The minimum Gasteiger partial charge on any atom is -0.391 e. The van der Waals surface area contributed by atoms with Gasteiger partial charge in [-0.15, -0.1) is 0 Å². The molecule has 0 spiro atoms. The zero-order chi connectivity index (χ0) is 15.2. The Kier molecular flexibility index (Phi) is 5.61. The molecule has 1 aliphatic carbocycles. The Morgan fingerprint density at radius 3 is 2.86 bits per heavy atom. The van der Waals surface area contributed by atoms with E-state index >= 15 is 0 Å². The first-order valence-corrected chi connectivity index (χ1v) is 7.80. The number of rotatable bonds is 5. The van der Waals surface area contributed by atoms with E-state index in [1.807, 2.05) is 24.6 Å². The smallest absolute Gasteiger partial charge is 0.315 e. The van der Waals surface area contributed by atoms with Crippen LogP contribution in [0.3, 0.4) is 0 Å². The summed E-state index contributed by atoms with van der Waals surface area (Å²) >= 11 is 0. The maximum Gasteiger partial charge on any atom is 0.315 e. The molecule has 1 aliphatic rings. The van der Waals surface area contributed by atoms with Crippen molar-refractivity contribution in [2.75, 3.05) is 6.54 Å². The van der Waals surface area contributed by atoms with Gasteiger partial charge in [-0.3, -0.25) is 4.68 Å². The molecule has 2 unspecified atom stereocenters. The highest BCUT2D eigenvalue weighted by Crippen LogP contribution is 2.18. The topological polar surface area (TPSA) is 79.2 Å². The van der Waals surface area contributed by atoms with Crippen molar-refractivity contribution in [1.29, 1.82) is 0 Å². The largest absolute Gasteiger partial charge is 0.391 e. The third-order valence-electron chi connectivity index (χ3n) is 3.98. The summed E-state index contributed by atoms with van der Waals surface area (Å²) in [5.41, 5.74) is 2.16. The molecule has 2 atom stereocenters. The van der Waals surface area contributed by atoms with E-state index in [1.54, 1.807) is 0 Å². The molecule has 0 aliphatic heterocycles. The van der Waals surface area contributed by atoms with Gasteiger partial charge in [0.1, 0.15) is 0 Å². The van der Waals surface area contributed by atoms with Crippen molar-refractivity contribution < 1.29 is 9.90 Å². The van der Waals surface area contributed by atoms with Gasteiger partial charge >= 0.3 is 6.03 Å². The molecule has 0 aromatic carbocycles. The molecule has 2 rings (SSSR count). The standard InChI is InChI=1S/C15H26N4O2/c1-11-10-12(2)19(18-11)9-5-8-16-15(21)17-13-6-3-4-7-14(13)20/h10,13-14,20H,3-9H2,1-2H3,(H2,16,17,21). The molecule has 0 saturated heterocycles. The number of amides is 2. The monoisotopic (exact) mass is 294 g/mol. The summed E-state index contributed by atoms with van der Waals surface area (Å²) in [4.78, 5) is 11.8. The van der Waals surface area contributed by atoms with Crippen molar-refractivity contribution in [2.24, 2.45) is 0 Å². The normalized spacial score (nSPS) is 22.0. The summed E-state index contributed by atoms with van der Waals surface area (Å²) in [6.45, 7) is 5.41. The van der Waals surface area contributed by atoms with Crippen molar-refractivity contribution in [1.82, 2.24) is 20.4 Å². The quantitative estimate of drug-likeness (QED) is 0.720. The van der Waals surface area contributed by atoms with Crippen LogP contribution < -0.4 is 10.6 Å². The molecule has 1 fully saturated rings. The van der Waals surface area contributed by atoms with Crippen LogP contribution in [0, 0.1) is 13.8 Å². The predicted molar refractivity (Wildman–Crippen MR) is 81.1 cm³/mol. The number of aliphatic hydroxyl groups excluding tert-OH is 1. The average molecular weight is 294 g/mol. The van der Waals surface area contributed by atoms with E-state index in [1.165, 1.54) is 0 Å². The third kappa shape index (κ3) is 4.74. The molecule has 3 N–H and O–H groups in total. The predicted octanol–water partition coefficient (Wildman–Crippen LogP) is 1.49. The molecule has 0 bridgehead atoms. The molecular formula is C15H26N4O2. The fourth-order valence-electron chi connectivity index (χ4n) is 2.83. The van der Waals surface area contributed by atoms with E-state index in [-0.39, 0.29) is 12.1 Å². The number of aryl methyl sites for hydroxylation is 3. The van der Waals surface area contributed by atoms with Gasteiger partial charge in [0.05, 0.1) is 17.8 Å². The van der Waals surface area contributed by atoms with Crippen molar-refractivity contribution in [3.63, 3.8) is 0 Å². The summed E-state index contributed by atoms with van der Waals surface area (Å²) in [5, 5.41) is 19.9. The summed E-state index contributed by atoms with van der Waals surface area (Å²) in [6, 6.07) is 1.76. The molecule has 2 amide bonds. The van der Waals surface area contributed by atoms with Gasteiger partial charge in [0.25, 0.3) is 0 Å². The molecular weight excluding hydrogens is 268 g/mol. The number of hydrogen-bond acceptors (Lipinski definition) is 3. The van der Waals surface area contributed by atoms with Gasteiger partial charge in [0.2, 0.25) is 0 Å². The SMILES string of the molecule is Cc1cc(C)n(CCCNC(=O)NC2CCCCC2O)n1. The highest BCUT2D eigenvalue weighted by molar-refractivity contribution is 5.74. The summed E-state index contributed by atoms with van der Waals surface area (Å²) in [7, 11) is 0. The minimum absolute atomic E-state index is 0.102. The maximum absolute atomic E-state index is 11.8. The second kappa shape index (κ2) is 7.45. The van der Waals surface area contributed by atoms with Gasteiger partial charge in [0.15, 0.2) is 0 Å². The van der Waals surface area contributed by atoms with Gasteiger partial charge in [-0.05, 0) is 39.2 Å². The fourth-order valence-corrected chi connectivity index (χ4v) is 2.83. The van der Waals surface area contributed by atoms with Crippen molar-refractivity contribution in [3.8, 4) is 0 Å². The van der Waals surface area contributed by atoms with Crippen LogP contribution in [-0.4, -0.2) is 39.6 Å². The zero-order valence-corrected chi connectivity index (χ0v) is 12.9. The van der Waals surface area contributed by atoms with Gasteiger partial charge in [-0.1, -0.05) is 12.8 Å². The van der Waals surface area contributed by atoms with Gasteiger partial charge in [-0.2, -0.15) is 5.10 Å². The maximum atomic E-state index is 11.8. The van der Waals surface area contributed by atoms with Crippen LogP contribution >= 0.6 is 0 Å². The van der Waals surface area contributed by atoms with Crippen molar-refractivity contribution >= 4 is 6.03 Å². The Balaban J connectivity index is 1.64. The van der Waals surface area contributed by atoms with Crippen LogP contribution in [0.4, 0.5) is 4.79 Å². The Hall–Kier alpha value is -1.56. The number of nitrogens with zero attached hydrogens (tertiary/aromatic N) is 2. The van der Waals surface area contributed by atoms with Crippen LogP contribution in [0.1, 0.15) is 43.5 Å². The Bertz CT molecular complexity index is 472. The summed E-state index contributed by atoms with van der Waals surface area (Å²) in [6.07, 6.45) is 4.19. The molecule has 21 heavy (non-hydrogen) atoms. The number of aliphatic hydroxyl groups is 1. The van der Waals surface area contributed by atoms with E-state index in [2.05, 4.69) is 15.7 Å². The number of hydrogen-bond donors (Lipinski definition) is 3. The van der Waals surface area contributed by atoms with Crippen molar-refractivity contribution in [3.05, 3.63) is 17.5 Å². The van der Waals surface area contributed by atoms with E-state index in [0.717, 1.165) is 50.0 Å². The lowest BCUT2D eigenvalue weighted by atomic mass is 9.93. The lowest BCUT2D eigenvalue weighted by Gasteiger charge is -2.28. The first-order valence-electron chi connectivity index (χ1n) is 7.80. The number of nitrogens with one attached hydrogen (secondary N) is 2. The van der Waals surface area contributed by atoms with E-state index < -0.39 is 6.10 Å². The molecule has 1 aromatic heterocycles. The van der Waals surface area contributed by atoms with Crippen LogP contribution in [0.15, 0.2) is 6.07 Å². The Morgan fingerprint density at radius 2 is 2.19 bits per heavy atom. The van der Waals surface area contributed by atoms with E-state index in [0.29, 0.717) is 6.54 Å².